The van der Waals surface area contributed by atoms with Crippen LogP contribution in [0.25, 0.3) is 0 Å². The van der Waals surface area contributed by atoms with E-state index in [0.29, 0.717) is 5.92 Å². The van der Waals surface area contributed by atoms with Gasteiger partial charge in [0.1, 0.15) is 0 Å². The second kappa shape index (κ2) is 3.87. The van der Waals surface area contributed by atoms with Crippen molar-refractivity contribution in [1.29, 1.82) is 0 Å². The maximum absolute atomic E-state index is 9.31. The maximum Gasteiger partial charge on any atom is 0.185 e. The van der Waals surface area contributed by atoms with Crippen LogP contribution in [0.2, 0.25) is 0 Å². The third-order valence-corrected chi connectivity index (χ3v) is 3.92. The molecule has 0 bridgehead atoms. The Morgan fingerprint density at radius 1 is 1.71 bits per heavy atom. The monoisotopic (exact) mass is 212 g/mol. The summed E-state index contributed by atoms with van der Waals surface area (Å²) < 4.78 is 0. The summed E-state index contributed by atoms with van der Waals surface area (Å²) in [5.74, 6) is 0.573. The zero-order chi connectivity index (χ0) is 10.1. The van der Waals surface area contributed by atoms with Gasteiger partial charge in [-0.05, 0) is 19.3 Å². The van der Waals surface area contributed by atoms with Crippen molar-refractivity contribution >= 4 is 16.5 Å². The van der Waals surface area contributed by atoms with Crippen LogP contribution in [0.15, 0.2) is 5.38 Å². The highest BCUT2D eigenvalue weighted by Crippen LogP contribution is 2.31. The molecule has 1 aliphatic rings. The Morgan fingerprint density at radius 3 is 3.07 bits per heavy atom. The Hall–Kier alpha value is -0.610. The van der Waals surface area contributed by atoms with Gasteiger partial charge in [0.2, 0.25) is 0 Å². The first kappa shape index (κ1) is 9.93. The van der Waals surface area contributed by atoms with Gasteiger partial charge in [-0.1, -0.05) is 6.92 Å². The molecule has 0 spiro atoms. The molecule has 1 aromatic heterocycles. The van der Waals surface area contributed by atoms with Gasteiger partial charge < -0.3 is 10.0 Å². The fourth-order valence-electron chi connectivity index (χ4n) is 2.00. The number of aryl methyl sites for hydroxylation is 1. The Morgan fingerprint density at radius 2 is 2.50 bits per heavy atom. The van der Waals surface area contributed by atoms with E-state index in [1.54, 1.807) is 11.3 Å². The van der Waals surface area contributed by atoms with Crippen LogP contribution < -0.4 is 4.90 Å². The summed E-state index contributed by atoms with van der Waals surface area (Å²) in [6.07, 6.45) is 1.16. The van der Waals surface area contributed by atoms with Crippen LogP contribution in [-0.2, 0) is 0 Å². The number of thiazole rings is 1. The minimum atomic E-state index is 0.236. The first-order chi connectivity index (χ1) is 6.72. The predicted molar refractivity (Wildman–Crippen MR) is 58.9 cm³/mol. The molecule has 1 aromatic rings. The van der Waals surface area contributed by atoms with E-state index in [4.69, 9.17) is 0 Å². The van der Waals surface area contributed by atoms with Crippen LogP contribution >= 0.6 is 11.3 Å². The normalized spacial score (nSPS) is 27.2. The minimum Gasteiger partial charge on any atom is -0.394 e. The average Bonchev–Trinajstić information content (AvgIpc) is 2.71. The van der Waals surface area contributed by atoms with Crippen LogP contribution in [0.1, 0.15) is 19.0 Å². The lowest BCUT2D eigenvalue weighted by atomic mass is 10.0. The summed E-state index contributed by atoms with van der Waals surface area (Å²) >= 11 is 1.67. The Balaban J connectivity index is 2.18. The molecule has 1 saturated heterocycles. The molecule has 2 rings (SSSR count). The third-order valence-electron chi connectivity index (χ3n) is 2.92. The molecule has 3 nitrogen and oxygen atoms in total. The zero-order valence-electron chi connectivity index (χ0n) is 8.60. The quantitative estimate of drug-likeness (QED) is 0.810. The number of hydrogen-bond acceptors (Lipinski definition) is 4. The molecule has 0 amide bonds. The van der Waals surface area contributed by atoms with Crippen molar-refractivity contribution in [2.45, 2.75) is 26.3 Å². The summed E-state index contributed by atoms with van der Waals surface area (Å²) in [5.41, 5.74) is 1.07. The first-order valence-corrected chi connectivity index (χ1v) is 5.90. The van der Waals surface area contributed by atoms with Crippen molar-refractivity contribution < 1.29 is 5.11 Å². The molecule has 0 radical (unpaired) electrons. The molecule has 2 unspecified atom stereocenters. The van der Waals surface area contributed by atoms with E-state index in [1.807, 2.05) is 6.92 Å². The summed E-state index contributed by atoms with van der Waals surface area (Å²) in [4.78, 5) is 6.70. The summed E-state index contributed by atoms with van der Waals surface area (Å²) in [6.45, 7) is 5.47. The van der Waals surface area contributed by atoms with Gasteiger partial charge >= 0.3 is 0 Å². The van der Waals surface area contributed by atoms with Crippen molar-refractivity contribution in [3.63, 3.8) is 0 Å². The summed E-state index contributed by atoms with van der Waals surface area (Å²) in [6, 6.07) is 0.264. The largest absolute Gasteiger partial charge is 0.394 e. The number of rotatable bonds is 2. The number of aliphatic hydroxyl groups excluding tert-OH is 1. The van der Waals surface area contributed by atoms with E-state index >= 15 is 0 Å². The van der Waals surface area contributed by atoms with Gasteiger partial charge in [-0.25, -0.2) is 4.98 Å². The van der Waals surface area contributed by atoms with E-state index in [-0.39, 0.29) is 12.6 Å². The maximum atomic E-state index is 9.31. The van der Waals surface area contributed by atoms with E-state index in [2.05, 4.69) is 22.2 Å². The van der Waals surface area contributed by atoms with Crippen LogP contribution in [-0.4, -0.2) is 29.3 Å². The molecule has 2 atom stereocenters. The second-order valence-corrected chi connectivity index (χ2v) is 4.82. The highest BCUT2D eigenvalue weighted by atomic mass is 32.1. The van der Waals surface area contributed by atoms with Crippen LogP contribution in [0.5, 0.6) is 0 Å². The van der Waals surface area contributed by atoms with Gasteiger partial charge in [-0.15, -0.1) is 11.3 Å². The Labute approximate surface area is 88.4 Å². The molecule has 78 valence electrons. The van der Waals surface area contributed by atoms with Crippen molar-refractivity contribution in [3.8, 4) is 0 Å². The Bertz CT molecular complexity index is 313. The van der Waals surface area contributed by atoms with Crippen molar-refractivity contribution in [3.05, 3.63) is 11.1 Å². The van der Waals surface area contributed by atoms with Gasteiger partial charge in [0.05, 0.1) is 18.3 Å². The predicted octanol–water partition coefficient (Wildman–Crippen LogP) is 1.66. The zero-order valence-corrected chi connectivity index (χ0v) is 9.42. The van der Waals surface area contributed by atoms with Crippen LogP contribution in [0, 0.1) is 12.8 Å². The van der Waals surface area contributed by atoms with Gasteiger partial charge in [0, 0.05) is 11.9 Å². The molecular weight excluding hydrogens is 196 g/mol. The molecular formula is C10H16N2OS. The highest BCUT2D eigenvalue weighted by molar-refractivity contribution is 7.13. The van der Waals surface area contributed by atoms with E-state index in [0.717, 1.165) is 23.8 Å². The standard InChI is InChI=1S/C10H16N2OS/c1-7-3-4-12(9(7)5-13)10-11-8(2)6-14-10/h6-7,9,13H,3-5H2,1-2H3. The molecule has 1 fully saturated rings. The van der Waals surface area contributed by atoms with Gasteiger partial charge in [0.25, 0.3) is 0 Å². The summed E-state index contributed by atoms with van der Waals surface area (Å²) in [7, 11) is 0. The smallest absolute Gasteiger partial charge is 0.185 e. The lowest BCUT2D eigenvalue weighted by molar-refractivity contribution is 0.244. The van der Waals surface area contributed by atoms with Crippen molar-refractivity contribution in [2.24, 2.45) is 5.92 Å². The second-order valence-electron chi connectivity index (χ2n) is 3.98. The molecule has 0 aromatic carbocycles. The third kappa shape index (κ3) is 1.64. The van der Waals surface area contributed by atoms with Gasteiger partial charge in [-0.2, -0.15) is 0 Å². The number of hydrogen-bond donors (Lipinski definition) is 1. The molecule has 14 heavy (non-hydrogen) atoms. The molecule has 0 saturated carbocycles. The lowest BCUT2D eigenvalue weighted by Crippen LogP contribution is -2.35. The van der Waals surface area contributed by atoms with E-state index < -0.39 is 0 Å². The summed E-state index contributed by atoms with van der Waals surface area (Å²) in [5, 5.41) is 12.4. The molecule has 2 heterocycles. The average molecular weight is 212 g/mol. The fourth-order valence-corrected chi connectivity index (χ4v) is 2.89. The minimum absolute atomic E-state index is 0.236. The Kier molecular flexibility index (Phi) is 2.74. The number of aromatic nitrogens is 1. The number of nitrogens with zero attached hydrogens (tertiary/aromatic N) is 2. The SMILES string of the molecule is Cc1csc(N2CCC(C)C2CO)n1. The molecule has 1 aliphatic heterocycles. The molecule has 4 heteroatoms. The first-order valence-electron chi connectivity index (χ1n) is 5.02. The topological polar surface area (TPSA) is 36.4 Å². The molecule has 0 aliphatic carbocycles. The molecule has 1 N–H and O–H groups in total. The lowest BCUT2D eigenvalue weighted by Gasteiger charge is -2.24. The van der Waals surface area contributed by atoms with Crippen molar-refractivity contribution in [1.82, 2.24) is 4.98 Å². The van der Waals surface area contributed by atoms with Crippen molar-refractivity contribution in [2.75, 3.05) is 18.1 Å². The van der Waals surface area contributed by atoms with Gasteiger partial charge in [0.15, 0.2) is 5.13 Å². The highest BCUT2D eigenvalue weighted by Gasteiger charge is 2.31. The van der Waals surface area contributed by atoms with E-state index in [9.17, 15) is 5.11 Å². The van der Waals surface area contributed by atoms with Crippen LogP contribution in [0.4, 0.5) is 5.13 Å². The number of aliphatic hydroxyl groups is 1. The number of anilines is 1. The van der Waals surface area contributed by atoms with Gasteiger partial charge in [-0.3, -0.25) is 0 Å². The van der Waals surface area contributed by atoms with Crippen LogP contribution in [0.3, 0.4) is 0 Å². The van der Waals surface area contributed by atoms with E-state index in [1.165, 1.54) is 0 Å². The fraction of sp³-hybridized carbons (Fsp3) is 0.700.